The maximum atomic E-state index is 12.2. The number of amides is 2. The maximum Gasteiger partial charge on any atom is 0.573 e. The number of alkyl halides is 3. The largest absolute Gasteiger partial charge is 0.573 e. The smallest absolute Gasteiger partial charge is 0.406 e. The van der Waals surface area contributed by atoms with E-state index in [9.17, 15) is 22.8 Å². The molecule has 0 spiro atoms. The molecule has 8 nitrogen and oxygen atoms in total. The van der Waals surface area contributed by atoms with Crippen molar-refractivity contribution in [1.82, 2.24) is 21.0 Å². The number of hydrogen-bond acceptors (Lipinski definition) is 8. The lowest BCUT2D eigenvalue weighted by atomic mass is 10.2. The van der Waals surface area contributed by atoms with Crippen LogP contribution in [-0.2, 0) is 4.79 Å². The van der Waals surface area contributed by atoms with E-state index in [1.54, 1.807) is 30.3 Å². The molecule has 0 bridgehead atoms. The number of halogens is 3. The van der Waals surface area contributed by atoms with Crippen LogP contribution in [0.5, 0.6) is 5.75 Å². The SMILES string of the molecule is O=C(CSc1nnc(Nc2ccc(OC(F)(F)F)cc2)s1)NNC(=O)c1ccccc1. The van der Waals surface area contributed by atoms with Gasteiger partial charge in [-0.15, -0.1) is 23.4 Å². The Morgan fingerprint density at radius 3 is 2.39 bits per heavy atom. The van der Waals surface area contributed by atoms with Crippen molar-refractivity contribution in [2.24, 2.45) is 0 Å². The van der Waals surface area contributed by atoms with E-state index in [2.05, 4.69) is 31.1 Å². The second kappa shape index (κ2) is 10.1. The molecule has 0 saturated heterocycles. The average Bonchev–Trinajstić information content (AvgIpc) is 3.19. The molecular weight excluding hydrogens is 455 g/mol. The van der Waals surface area contributed by atoms with Gasteiger partial charge in [0.15, 0.2) is 4.34 Å². The Hall–Kier alpha value is -3.32. The minimum absolute atomic E-state index is 0.00676. The summed E-state index contributed by atoms with van der Waals surface area (Å²) in [5, 5.41) is 11.1. The Morgan fingerprint density at radius 1 is 1.00 bits per heavy atom. The molecule has 0 aliphatic rings. The lowest BCUT2D eigenvalue weighted by Gasteiger charge is -2.09. The fraction of sp³-hybridized carbons (Fsp3) is 0.111. The number of thioether (sulfide) groups is 1. The van der Waals surface area contributed by atoms with Gasteiger partial charge in [-0.1, -0.05) is 41.3 Å². The van der Waals surface area contributed by atoms with Gasteiger partial charge in [0.25, 0.3) is 5.91 Å². The number of aromatic nitrogens is 2. The molecule has 0 radical (unpaired) electrons. The molecule has 3 aromatic rings. The first kappa shape index (κ1) is 22.4. The van der Waals surface area contributed by atoms with Crippen LogP contribution in [0, 0.1) is 0 Å². The Morgan fingerprint density at radius 2 is 1.71 bits per heavy atom. The van der Waals surface area contributed by atoms with Gasteiger partial charge in [0.2, 0.25) is 11.0 Å². The summed E-state index contributed by atoms with van der Waals surface area (Å²) in [6.45, 7) is 0. The highest BCUT2D eigenvalue weighted by molar-refractivity contribution is 8.01. The number of nitrogens with zero attached hydrogens (tertiary/aromatic N) is 2. The number of hydrazine groups is 1. The molecule has 0 atom stereocenters. The third-order valence-electron chi connectivity index (χ3n) is 3.42. The van der Waals surface area contributed by atoms with Gasteiger partial charge in [-0.25, -0.2) is 0 Å². The lowest BCUT2D eigenvalue weighted by molar-refractivity contribution is -0.274. The van der Waals surface area contributed by atoms with Crippen LogP contribution < -0.4 is 20.9 Å². The number of nitrogens with one attached hydrogen (secondary N) is 3. The summed E-state index contributed by atoms with van der Waals surface area (Å²) in [4.78, 5) is 23.7. The third kappa shape index (κ3) is 7.46. The van der Waals surface area contributed by atoms with Gasteiger partial charge in [0.1, 0.15) is 5.75 Å². The van der Waals surface area contributed by atoms with Crippen molar-refractivity contribution in [3.05, 3.63) is 60.2 Å². The van der Waals surface area contributed by atoms with Crippen LogP contribution in [0.2, 0.25) is 0 Å². The lowest BCUT2D eigenvalue weighted by Crippen LogP contribution is -2.42. The molecule has 3 rings (SSSR count). The van der Waals surface area contributed by atoms with E-state index in [4.69, 9.17) is 0 Å². The molecule has 2 aromatic carbocycles. The van der Waals surface area contributed by atoms with Crippen LogP contribution >= 0.6 is 23.1 Å². The van der Waals surface area contributed by atoms with E-state index in [1.165, 1.54) is 24.3 Å². The van der Waals surface area contributed by atoms with Crippen LogP contribution in [0.3, 0.4) is 0 Å². The predicted molar refractivity (Wildman–Crippen MR) is 109 cm³/mol. The summed E-state index contributed by atoms with van der Waals surface area (Å²) >= 11 is 2.27. The summed E-state index contributed by atoms with van der Waals surface area (Å²) in [5.41, 5.74) is 5.52. The maximum absolute atomic E-state index is 12.2. The zero-order valence-corrected chi connectivity index (χ0v) is 17.1. The van der Waals surface area contributed by atoms with Crippen LogP contribution in [0.25, 0.3) is 0 Å². The van der Waals surface area contributed by atoms with Crippen molar-refractivity contribution in [3.8, 4) is 5.75 Å². The van der Waals surface area contributed by atoms with E-state index < -0.39 is 18.2 Å². The fourth-order valence-electron chi connectivity index (χ4n) is 2.13. The second-order valence-corrected chi connectivity index (χ2v) is 7.93. The first-order chi connectivity index (χ1) is 14.8. The van der Waals surface area contributed by atoms with Gasteiger partial charge < -0.3 is 10.1 Å². The predicted octanol–water partition coefficient (Wildman–Crippen LogP) is 3.73. The molecule has 0 fully saturated rings. The van der Waals surface area contributed by atoms with Crippen molar-refractivity contribution in [1.29, 1.82) is 0 Å². The summed E-state index contributed by atoms with van der Waals surface area (Å²) in [6.07, 6.45) is -4.75. The molecule has 162 valence electrons. The highest BCUT2D eigenvalue weighted by Crippen LogP contribution is 2.29. The van der Waals surface area contributed by atoms with E-state index in [0.29, 0.717) is 20.7 Å². The molecule has 1 aromatic heterocycles. The van der Waals surface area contributed by atoms with E-state index in [0.717, 1.165) is 23.1 Å². The zero-order chi connectivity index (χ0) is 22.3. The number of carbonyl (C=O) groups excluding carboxylic acids is 2. The molecular formula is C18H14F3N5O3S2. The second-order valence-electron chi connectivity index (χ2n) is 5.73. The van der Waals surface area contributed by atoms with Crippen molar-refractivity contribution in [3.63, 3.8) is 0 Å². The summed E-state index contributed by atoms with van der Waals surface area (Å²) < 4.78 is 40.8. The Balaban J connectivity index is 1.43. The van der Waals surface area contributed by atoms with Crippen molar-refractivity contribution < 1.29 is 27.5 Å². The molecule has 31 heavy (non-hydrogen) atoms. The van der Waals surface area contributed by atoms with Crippen LogP contribution in [0.15, 0.2) is 58.9 Å². The van der Waals surface area contributed by atoms with Gasteiger partial charge in [0, 0.05) is 11.3 Å². The number of ether oxygens (including phenoxy) is 1. The molecule has 0 unspecified atom stereocenters. The first-order valence-corrected chi connectivity index (χ1v) is 10.3. The average molecular weight is 469 g/mol. The third-order valence-corrected chi connectivity index (χ3v) is 5.40. The number of anilines is 2. The fourth-order valence-corrected chi connectivity index (χ4v) is 3.71. The Bertz CT molecular complexity index is 1030. The van der Waals surface area contributed by atoms with Crippen LogP contribution in [0.4, 0.5) is 24.0 Å². The molecule has 0 aliphatic carbocycles. The highest BCUT2D eigenvalue weighted by Gasteiger charge is 2.30. The number of benzene rings is 2. The van der Waals surface area contributed by atoms with Gasteiger partial charge >= 0.3 is 6.36 Å². The number of rotatable bonds is 7. The summed E-state index contributed by atoms with van der Waals surface area (Å²) in [6, 6.07) is 13.6. The van der Waals surface area contributed by atoms with Gasteiger partial charge in [0.05, 0.1) is 5.75 Å². The Labute approximate surface area is 182 Å². The van der Waals surface area contributed by atoms with Gasteiger partial charge in [-0.2, -0.15) is 0 Å². The van der Waals surface area contributed by atoms with E-state index >= 15 is 0 Å². The quantitative estimate of drug-likeness (QED) is 0.358. The first-order valence-electron chi connectivity index (χ1n) is 8.52. The summed E-state index contributed by atoms with van der Waals surface area (Å²) in [7, 11) is 0. The topological polar surface area (TPSA) is 105 Å². The van der Waals surface area contributed by atoms with Crippen molar-refractivity contribution in [2.45, 2.75) is 10.7 Å². The monoisotopic (exact) mass is 469 g/mol. The van der Waals surface area contributed by atoms with Crippen LogP contribution in [-0.4, -0.2) is 34.1 Å². The molecule has 1 heterocycles. The minimum Gasteiger partial charge on any atom is -0.406 e. The standard InChI is InChI=1S/C18H14F3N5O3S2/c19-18(20,21)29-13-8-6-12(7-9-13)22-16-25-26-17(31-16)30-10-14(27)23-24-15(28)11-4-2-1-3-5-11/h1-9H,10H2,(H,22,25)(H,23,27)(H,24,28). The van der Waals surface area contributed by atoms with Crippen molar-refractivity contribution in [2.75, 3.05) is 11.1 Å². The van der Waals surface area contributed by atoms with E-state index in [-0.39, 0.29) is 11.5 Å². The normalized spacial score (nSPS) is 10.9. The Kier molecular flexibility index (Phi) is 7.31. The van der Waals surface area contributed by atoms with Crippen LogP contribution in [0.1, 0.15) is 10.4 Å². The highest BCUT2D eigenvalue weighted by atomic mass is 32.2. The van der Waals surface area contributed by atoms with Gasteiger partial charge in [-0.3, -0.25) is 20.4 Å². The number of carbonyl (C=O) groups is 2. The summed E-state index contributed by atoms with van der Waals surface area (Å²) in [5.74, 6) is -1.21. The van der Waals surface area contributed by atoms with Crippen molar-refractivity contribution >= 4 is 45.7 Å². The van der Waals surface area contributed by atoms with Gasteiger partial charge in [-0.05, 0) is 36.4 Å². The molecule has 2 amide bonds. The molecule has 0 aliphatic heterocycles. The molecule has 3 N–H and O–H groups in total. The number of hydrogen-bond donors (Lipinski definition) is 3. The minimum atomic E-state index is -4.75. The molecule has 0 saturated carbocycles. The molecule has 13 heteroatoms. The van der Waals surface area contributed by atoms with E-state index in [1.807, 2.05) is 0 Å². The zero-order valence-electron chi connectivity index (χ0n) is 15.5.